The highest BCUT2D eigenvalue weighted by atomic mass is 79.9. The van der Waals surface area contributed by atoms with E-state index in [9.17, 15) is 0 Å². The van der Waals surface area contributed by atoms with Crippen LogP contribution in [-0.4, -0.2) is 31.3 Å². The van der Waals surface area contributed by atoms with Crippen LogP contribution in [0.5, 0.6) is 0 Å². The second-order valence-corrected chi connectivity index (χ2v) is 4.90. The van der Waals surface area contributed by atoms with Crippen LogP contribution in [0.3, 0.4) is 0 Å². The summed E-state index contributed by atoms with van der Waals surface area (Å²) >= 11 is 3.57. The van der Waals surface area contributed by atoms with Gasteiger partial charge in [-0.25, -0.2) is 0 Å². The van der Waals surface area contributed by atoms with Gasteiger partial charge in [0, 0.05) is 12.4 Å². The van der Waals surface area contributed by atoms with Crippen LogP contribution in [0.4, 0.5) is 0 Å². The van der Waals surface area contributed by atoms with Crippen molar-refractivity contribution in [1.82, 2.24) is 0 Å². The topological polar surface area (TPSA) is 18.5 Å². The van der Waals surface area contributed by atoms with E-state index >= 15 is 0 Å². The third-order valence-electron chi connectivity index (χ3n) is 3.12. The lowest BCUT2D eigenvalue weighted by atomic mass is 9.80. The molecule has 0 atom stereocenters. The lowest BCUT2D eigenvalue weighted by molar-refractivity contribution is -0.0734. The Hall–Kier alpha value is 0.400. The van der Waals surface area contributed by atoms with Crippen molar-refractivity contribution in [1.29, 1.82) is 0 Å². The van der Waals surface area contributed by atoms with Gasteiger partial charge < -0.3 is 9.47 Å². The predicted molar refractivity (Wildman–Crippen MR) is 62.0 cm³/mol. The molecule has 0 heterocycles. The Balaban J connectivity index is 2.34. The van der Waals surface area contributed by atoms with Gasteiger partial charge in [0.25, 0.3) is 0 Å². The lowest BCUT2D eigenvalue weighted by Gasteiger charge is -2.38. The first kappa shape index (κ1) is 12.5. The highest BCUT2D eigenvalue weighted by Gasteiger charge is 2.33. The molecule has 0 bridgehead atoms. The summed E-state index contributed by atoms with van der Waals surface area (Å²) in [5, 5.41) is 0.955. The fourth-order valence-corrected chi connectivity index (χ4v) is 2.67. The van der Waals surface area contributed by atoms with Crippen molar-refractivity contribution in [2.24, 2.45) is 5.92 Å². The van der Waals surface area contributed by atoms with Gasteiger partial charge in [0.05, 0.1) is 18.8 Å². The van der Waals surface area contributed by atoms with E-state index < -0.39 is 0 Å². The average Bonchev–Trinajstić information content (AvgIpc) is 2.22. The average molecular weight is 265 g/mol. The molecule has 0 unspecified atom stereocenters. The first-order chi connectivity index (χ1) is 6.72. The summed E-state index contributed by atoms with van der Waals surface area (Å²) in [5.41, 5.74) is 0.0883. The third-order valence-corrected chi connectivity index (χ3v) is 4.15. The summed E-state index contributed by atoms with van der Waals surface area (Å²) in [6.07, 6.45) is 4.95. The van der Waals surface area contributed by atoms with Crippen molar-refractivity contribution in [3.63, 3.8) is 0 Å². The van der Waals surface area contributed by atoms with E-state index in [1.807, 2.05) is 0 Å². The molecular formula is C11H21BrO2. The largest absolute Gasteiger partial charge is 0.382 e. The summed E-state index contributed by atoms with van der Waals surface area (Å²) in [6, 6.07) is 0. The minimum atomic E-state index is 0.0883. The van der Waals surface area contributed by atoms with Crippen LogP contribution in [0.15, 0.2) is 0 Å². The fraction of sp³-hybridized carbons (Fsp3) is 1.00. The van der Waals surface area contributed by atoms with E-state index in [-0.39, 0.29) is 5.60 Å². The molecule has 0 saturated heterocycles. The van der Waals surface area contributed by atoms with Gasteiger partial charge in [-0.05, 0) is 31.6 Å². The van der Waals surface area contributed by atoms with Crippen LogP contribution in [0.25, 0.3) is 0 Å². The normalized spacial score (nSPS) is 33.2. The third kappa shape index (κ3) is 3.52. The van der Waals surface area contributed by atoms with Gasteiger partial charge in [0.15, 0.2) is 0 Å². The van der Waals surface area contributed by atoms with Crippen molar-refractivity contribution >= 4 is 15.9 Å². The number of methoxy groups -OCH3 is 1. The molecule has 0 radical (unpaired) electrons. The molecular weight excluding hydrogens is 244 g/mol. The smallest absolute Gasteiger partial charge is 0.0780 e. The number of halogens is 1. The van der Waals surface area contributed by atoms with Crippen LogP contribution in [0.1, 0.15) is 32.6 Å². The molecule has 1 aliphatic rings. The summed E-state index contributed by atoms with van der Waals surface area (Å²) in [5.74, 6) is 0.869. The van der Waals surface area contributed by atoms with Gasteiger partial charge in [0.1, 0.15) is 0 Å². The molecule has 3 heteroatoms. The van der Waals surface area contributed by atoms with E-state index in [0.717, 1.165) is 17.9 Å². The Bertz CT molecular complexity index is 153. The summed E-state index contributed by atoms with van der Waals surface area (Å²) in [7, 11) is 1.72. The number of rotatable bonds is 5. The van der Waals surface area contributed by atoms with Crippen molar-refractivity contribution in [3.05, 3.63) is 0 Å². The maximum absolute atomic E-state index is 5.94. The fourth-order valence-electron chi connectivity index (χ4n) is 1.95. The molecule has 0 aromatic carbocycles. The number of hydrogen-bond acceptors (Lipinski definition) is 2. The molecule has 0 N–H and O–H groups in total. The molecule has 2 nitrogen and oxygen atoms in total. The molecule has 0 aromatic heterocycles. The summed E-state index contributed by atoms with van der Waals surface area (Å²) in [6.45, 7) is 3.74. The van der Waals surface area contributed by atoms with Crippen molar-refractivity contribution in [2.45, 2.75) is 38.2 Å². The van der Waals surface area contributed by atoms with Crippen molar-refractivity contribution in [3.8, 4) is 0 Å². The first-order valence-corrected chi connectivity index (χ1v) is 6.53. The maximum Gasteiger partial charge on any atom is 0.0780 e. The highest BCUT2D eigenvalue weighted by molar-refractivity contribution is 9.09. The van der Waals surface area contributed by atoms with Crippen LogP contribution in [0, 0.1) is 5.92 Å². The molecule has 0 aliphatic heterocycles. The van der Waals surface area contributed by atoms with E-state index in [2.05, 4.69) is 22.9 Å². The minimum absolute atomic E-state index is 0.0883. The first-order valence-electron chi connectivity index (χ1n) is 5.41. The van der Waals surface area contributed by atoms with E-state index in [1.54, 1.807) is 7.11 Å². The molecule has 0 amide bonds. The molecule has 1 aliphatic carbocycles. The van der Waals surface area contributed by atoms with Gasteiger partial charge in [-0.2, -0.15) is 0 Å². The van der Waals surface area contributed by atoms with Crippen LogP contribution >= 0.6 is 15.9 Å². The van der Waals surface area contributed by atoms with E-state index in [0.29, 0.717) is 6.61 Å². The van der Waals surface area contributed by atoms with Gasteiger partial charge in [-0.15, -0.1) is 0 Å². The minimum Gasteiger partial charge on any atom is -0.382 e. The molecule has 1 fully saturated rings. The lowest BCUT2D eigenvalue weighted by Crippen LogP contribution is -2.39. The Kier molecular flexibility index (Phi) is 5.42. The standard InChI is InChI=1S/C11H21BrO2/c1-10-3-5-11(9-12,6-4-10)14-8-7-13-2/h10H,3-9H2,1-2H3. The molecule has 0 spiro atoms. The van der Waals surface area contributed by atoms with Gasteiger partial charge in [-0.1, -0.05) is 22.9 Å². The van der Waals surface area contributed by atoms with Gasteiger partial charge in [0.2, 0.25) is 0 Å². The zero-order valence-electron chi connectivity index (χ0n) is 9.22. The molecule has 1 saturated carbocycles. The van der Waals surface area contributed by atoms with Crippen LogP contribution in [-0.2, 0) is 9.47 Å². The zero-order chi connectivity index (χ0) is 10.4. The quantitative estimate of drug-likeness (QED) is 0.562. The number of ether oxygens (including phenoxy) is 2. The van der Waals surface area contributed by atoms with Crippen molar-refractivity contribution in [2.75, 3.05) is 25.7 Å². The van der Waals surface area contributed by atoms with Crippen LogP contribution < -0.4 is 0 Å². The number of alkyl halides is 1. The van der Waals surface area contributed by atoms with Gasteiger partial charge in [-0.3, -0.25) is 0 Å². The predicted octanol–water partition coefficient (Wildman–Crippen LogP) is 2.99. The van der Waals surface area contributed by atoms with Gasteiger partial charge >= 0.3 is 0 Å². The molecule has 0 aromatic rings. The second kappa shape index (κ2) is 6.09. The van der Waals surface area contributed by atoms with E-state index in [1.165, 1.54) is 25.7 Å². The molecule has 84 valence electrons. The monoisotopic (exact) mass is 264 g/mol. The second-order valence-electron chi connectivity index (χ2n) is 4.34. The van der Waals surface area contributed by atoms with Crippen molar-refractivity contribution < 1.29 is 9.47 Å². The Morgan fingerprint density at radius 3 is 2.43 bits per heavy atom. The summed E-state index contributed by atoms with van der Waals surface area (Å²) < 4.78 is 10.9. The molecule has 1 rings (SSSR count). The number of hydrogen-bond donors (Lipinski definition) is 0. The van der Waals surface area contributed by atoms with Crippen LogP contribution in [0.2, 0.25) is 0 Å². The Labute approximate surface area is 95.5 Å². The summed E-state index contributed by atoms with van der Waals surface area (Å²) in [4.78, 5) is 0. The highest BCUT2D eigenvalue weighted by Crippen LogP contribution is 2.35. The zero-order valence-corrected chi connectivity index (χ0v) is 10.8. The maximum atomic E-state index is 5.94. The van der Waals surface area contributed by atoms with E-state index in [4.69, 9.17) is 9.47 Å². The Morgan fingerprint density at radius 2 is 1.93 bits per heavy atom. The Morgan fingerprint density at radius 1 is 1.29 bits per heavy atom. The SMILES string of the molecule is COCCOC1(CBr)CCC(C)CC1. The molecule has 14 heavy (non-hydrogen) atoms.